The minimum atomic E-state index is 0.431. The highest BCUT2D eigenvalue weighted by molar-refractivity contribution is 7.13. The van der Waals surface area contributed by atoms with Gasteiger partial charge < -0.3 is 10.6 Å². The van der Waals surface area contributed by atoms with Crippen LogP contribution in [-0.2, 0) is 6.54 Å². The minimum Gasteiger partial charge on any atom is -0.357 e. The van der Waals surface area contributed by atoms with Crippen LogP contribution in [0.3, 0.4) is 0 Å². The lowest BCUT2D eigenvalue weighted by Crippen LogP contribution is -2.46. The van der Waals surface area contributed by atoms with Gasteiger partial charge in [0.15, 0.2) is 5.96 Å². The van der Waals surface area contributed by atoms with E-state index < -0.39 is 0 Å². The number of aliphatic imine (C=N–C) groups is 1. The maximum atomic E-state index is 4.78. The van der Waals surface area contributed by atoms with Crippen LogP contribution in [-0.4, -0.2) is 47.6 Å². The highest BCUT2D eigenvalue weighted by atomic mass is 32.1. The maximum absolute atomic E-state index is 4.78. The molecule has 2 unspecified atom stereocenters. The summed E-state index contributed by atoms with van der Waals surface area (Å²) >= 11 is 1.68. The quantitative estimate of drug-likeness (QED) is 0.589. The lowest BCUT2D eigenvalue weighted by Gasteiger charge is -2.21. The molecule has 1 aliphatic rings. The zero-order chi connectivity index (χ0) is 19.2. The van der Waals surface area contributed by atoms with E-state index in [0.29, 0.717) is 24.5 Å². The van der Waals surface area contributed by atoms with Crippen LogP contribution in [0, 0.1) is 5.92 Å². The van der Waals surface area contributed by atoms with Gasteiger partial charge in [0, 0.05) is 42.7 Å². The summed E-state index contributed by atoms with van der Waals surface area (Å²) < 4.78 is 0. The Morgan fingerprint density at radius 1 is 1.30 bits per heavy atom. The van der Waals surface area contributed by atoms with Gasteiger partial charge in [0.05, 0.1) is 12.2 Å². The SMILES string of the molecule is CCNC(=NCc1csc(-c2ccccc2)n1)NC1CN(C(C)C)CC1C. The van der Waals surface area contributed by atoms with Gasteiger partial charge >= 0.3 is 0 Å². The molecule has 146 valence electrons. The number of nitrogens with zero attached hydrogens (tertiary/aromatic N) is 3. The smallest absolute Gasteiger partial charge is 0.191 e. The number of aromatic nitrogens is 1. The second-order valence-electron chi connectivity index (χ2n) is 7.48. The molecule has 0 amide bonds. The van der Waals surface area contributed by atoms with Crippen LogP contribution < -0.4 is 10.6 Å². The molecule has 2 aromatic rings. The topological polar surface area (TPSA) is 52.6 Å². The molecule has 1 aromatic heterocycles. The Kier molecular flexibility index (Phi) is 6.85. The van der Waals surface area contributed by atoms with Crippen molar-refractivity contribution in [1.82, 2.24) is 20.5 Å². The lowest BCUT2D eigenvalue weighted by molar-refractivity contribution is 0.265. The second kappa shape index (κ2) is 9.33. The average molecular weight is 386 g/mol. The van der Waals surface area contributed by atoms with Gasteiger partial charge in [-0.05, 0) is 26.7 Å². The molecule has 1 fully saturated rings. The predicted octanol–water partition coefficient (Wildman–Crippen LogP) is 3.59. The highest BCUT2D eigenvalue weighted by Gasteiger charge is 2.31. The number of hydrogen-bond donors (Lipinski definition) is 2. The largest absolute Gasteiger partial charge is 0.357 e. The fourth-order valence-electron chi connectivity index (χ4n) is 3.36. The first-order valence-electron chi connectivity index (χ1n) is 9.85. The maximum Gasteiger partial charge on any atom is 0.191 e. The molecule has 2 heterocycles. The van der Waals surface area contributed by atoms with Crippen molar-refractivity contribution in [2.75, 3.05) is 19.6 Å². The third-order valence-electron chi connectivity index (χ3n) is 5.01. The molecule has 5 nitrogen and oxygen atoms in total. The van der Waals surface area contributed by atoms with Crippen LogP contribution >= 0.6 is 11.3 Å². The molecule has 27 heavy (non-hydrogen) atoms. The Hall–Kier alpha value is -1.92. The van der Waals surface area contributed by atoms with E-state index in [1.807, 2.05) is 18.2 Å². The summed E-state index contributed by atoms with van der Waals surface area (Å²) in [5.74, 6) is 1.49. The Morgan fingerprint density at radius 2 is 2.07 bits per heavy atom. The summed E-state index contributed by atoms with van der Waals surface area (Å²) in [6.07, 6.45) is 0. The van der Waals surface area contributed by atoms with E-state index in [2.05, 4.69) is 60.7 Å². The number of likely N-dealkylation sites (tertiary alicyclic amines) is 1. The molecular formula is C21H31N5S. The van der Waals surface area contributed by atoms with E-state index in [9.17, 15) is 0 Å². The third-order valence-corrected chi connectivity index (χ3v) is 5.95. The van der Waals surface area contributed by atoms with E-state index in [1.54, 1.807) is 11.3 Å². The molecule has 0 aliphatic carbocycles. The molecule has 3 rings (SSSR count). The van der Waals surface area contributed by atoms with Crippen LogP contribution in [0.2, 0.25) is 0 Å². The van der Waals surface area contributed by atoms with Gasteiger partial charge in [0.25, 0.3) is 0 Å². The van der Waals surface area contributed by atoms with Crippen LogP contribution in [0.15, 0.2) is 40.7 Å². The molecule has 0 radical (unpaired) electrons. The van der Waals surface area contributed by atoms with E-state index in [4.69, 9.17) is 9.98 Å². The molecule has 0 bridgehead atoms. The zero-order valence-corrected chi connectivity index (χ0v) is 17.6. The highest BCUT2D eigenvalue weighted by Crippen LogP contribution is 2.23. The third kappa shape index (κ3) is 5.30. The van der Waals surface area contributed by atoms with Gasteiger partial charge in [-0.25, -0.2) is 9.98 Å². The van der Waals surface area contributed by atoms with Crippen LogP contribution in [0.5, 0.6) is 0 Å². The van der Waals surface area contributed by atoms with Crippen molar-refractivity contribution in [3.63, 3.8) is 0 Å². The number of nitrogens with one attached hydrogen (secondary N) is 2. The van der Waals surface area contributed by atoms with Crippen molar-refractivity contribution >= 4 is 17.3 Å². The summed E-state index contributed by atoms with van der Waals surface area (Å²) in [7, 11) is 0. The number of benzene rings is 1. The fraction of sp³-hybridized carbons (Fsp3) is 0.524. The first kappa shape index (κ1) is 19.8. The van der Waals surface area contributed by atoms with Gasteiger partial charge in [-0.15, -0.1) is 11.3 Å². The monoisotopic (exact) mass is 385 g/mol. The Morgan fingerprint density at radius 3 is 2.74 bits per heavy atom. The molecule has 0 saturated carbocycles. The van der Waals surface area contributed by atoms with Gasteiger partial charge in [-0.1, -0.05) is 37.3 Å². The van der Waals surface area contributed by atoms with E-state index >= 15 is 0 Å². The lowest BCUT2D eigenvalue weighted by atomic mass is 10.1. The van der Waals surface area contributed by atoms with E-state index in [-0.39, 0.29) is 0 Å². The van der Waals surface area contributed by atoms with Gasteiger partial charge in [-0.3, -0.25) is 4.90 Å². The van der Waals surface area contributed by atoms with E-state index in [1.165, 1.54) is 0 Å². The summed E-state index contributed by atoms with van der Waals surface area (Å²) in [6, 6.07) is 11.3. The van der Waals surface area contributed by atoms with Crippen molar-refractivity contribution in [3.05, 3.63) is 41.4 Å². The standard InChI is InChI=1S/C21H31N5S/c1-5-22-21(25-19-13-26(15(2)3)12-16(19)4)23-11-18-14-27-20(24-18)17-9-7-6-8-10-17/h6-10,14-16,19H,5,11-13H2,1-4H3,(H2,22,23,25). The average Bonchev–Trinajstić information content (AvgIpc) is 3.28. The molecule has 1 aliphatic heterocycles. The summed E-state index contributed by atoms with van der Waals surface area (Å²) in [5.41, 5.74) is 2.18. The first-order chi connectivity index (χ1) is 13.1. The van der Waals surface area contributed by atoms with Gasteiger partial charge in [0.1, 0.15) is 5.01 Å². The number of thiazole rings is 1. The molecule has 0 spiro atoms. The summed E-state index contributed by atoms with van der Waals surface area (Å²) in [5, 5.41) is 10.2. The summed E-state index contributed by atoms with van der Waals surface area (Å²) in [4.78, 5) is 12.0. The number of rotatable bonds is 6. The normalized spacial score (nSPS) is 21.0. The Labute approximate surface area is 166 Å². The Balaban J connectivity index is 1.63. The second-order valence-corrected chi connectivity index (χ2v) is 8.34. The molecule has 6 heteroatoms. The van der Waals surface area contributed by atoms with Gasteiger partial charge in [-0.2, -0.15) is 0 Å². The van der Waals surface area contributed by atoms with Crippen LogP contribution in [0.4, 0.5) is 0 Å². The predicted molar refractivity (Wildman–Crippen MR) is 115 cm³/mol. The number of hydrogen-bond acceptors (Lipinski definition) is 4. The van der Waals surface area contributed by atoms with Crippen molar-refractivity contribution in [1.29, 1.82) is 0 Å². The fourth-order valence-corrected chi connectivity index (χ4v) is 4.18. The molecule has 1 aromatic carbocycles. The molecule has 2 atom stereocenters. The molecule has 2 N–H and O–H groups in total. The first-order valence-corrected chi connectivity index (χ1v) is 10.7. The van der Waals surface area contributed by atoms with Crippen LogP contribution in [0.1, 0.15) is 33.4 Å². The summed E-state index contributed by atoms with van der Waals surface area (Å²) in [6.45, 7) is 12.6. The zero-order valence-electron chi connectivity index (χ0n) is 16.8. The molecular weight excluding hydrogens is 354 g/mol. The minimum absolute atomic E-state index is 0.431. The van der Waals surface area contributed by atoms with Crippen molar-refractivity contribution in [2.24, 2.45) is 10.9 Å². The van der Waals surface area contributed by atoms with E-state index in [0.717, 1.165) is 41.9 Å². The van der Waals surface area contributed by atoms with Gasteiger partial charge in [0.2, 0.25) is 0 Å². The van der Waals surface area contributed by atoms with Crippen molar-refractivity contribution in [2.45, 2.75) is 46.3 Å². The Bertz CT molecular complexity index is 740. The number of guanidine groups is 1. The molecule has 1 saturated heterocycles. The van der Waals surface area contributed by atoms with Crippen molar-refractivity contribution in [3.8, 4) is 10.6 Å². The van der Waals surface area contributed by atoms with Crippen LogP contribution in [0.25, 0.3) is 10.6 Å². The van der Waals surface area contributed by atoms with Crippen molar-refractivity contribution < 1.29 is 0 Å².